The van der Waals surface area contributed by atoms with Crippen molar-refractivity contribution in [2.24, 2.45) is 0 Å². The molecule has 0 aromatic carbocycles. The third kappa shape index (κ3) is 2.95. The monoisotopic (exact) mass is 292 g/mol. The van der Waals surface area contributed by atoms with E-state index in [1.165, 1.54) is 0 Å². The maximum Gasteiger partial charge on any atom is 0.236 e. The van der Waals surface area contributed by atoms with Crippen LogP contribution in [-0.2, 0) is 11.3 Å². The molecule has 108 valence electrons. The predicted octanol–water partition coefficient (Wildman–Crippen LogP) is 3.32. The molecule has 0 aliphatic carbocycles. The summed E-state index contributed by atoms with van der Waals surface area (Å²) in [5.74, 6) is 1.68. The molecule has 5 heteroatoms. The molecular weight excluding hydrogens is 272 g/mol. The highest BCUT2D eigenvalue weighted by Crippen LogP contribution is 2.27. The summed E-state index contributed by atoms with van der Waals surface area (Å²) in [7, 11) is 1.80. The molecule has 1 aliphatic rings. The maximum atomic E-state index is 5.79. The molecule has 0 saturated carbocycles. The van der Waals surface area contributed by atoms with Gasteiger partial charge in [0.2, 0.25) is 5.89 Å². The van der Waals surface area contributed by atoms with Gasteiger partial charge in [-0.2, -0.15) is 0 Å². The van der Waals surface area contributed by atoms with Gasteiger partial charge >= 0.3 is 0 Å². The van der Waals surface area contributed by atoms with E-state index < -0.39 is 0 Å². The van der Waals surface area contributed by atoms with E-state index >= 15 is 0 Å². The van der Waals surface area contributed by atoms with Crippen LogP contribution in [0.5, 0.6) is 0 Å². The highest BCUT2D eigenvalue weighted by Gasteiger charge is 2.21. The highest BCUT2D eigenvalue weighted by atomic mass is 32.1. The number of rotatable bonds is 4. The van der Waals surface area contributed by atoms with Gasteiger partial charge in [-0.15, -0.1) is 11.3 Å². The van der Waals surface area contributed by atoms with Gasteiger partial charge in [-0.25, -0.2) is 4.98 Å². The largest absolute Gasteiger partial charge is 0.440 e. The first-order chi connectivity index (χ1) is 9.76. The number of hydrogen-bond donors (Lipinski definition) is 0. The van der Waals surface area contributed by atoms with Crippen LogP contribution >= 0.6 is 11.3 Å². The minimum Gasteiger partial charge on any atom is -0.440 e. The second-order valence-corrected chi connectivity index (χ2v) is 6.16. The molecule has 0 N–H and O–H groups in total. The van der Waals surface area contributed by atoms with Crippen LogP contribution in [0.1, 0.15) is 24.3 Å². The van der Waals surface area contributed by atoms with Crippen molar-refractivity contribution >= 4 is 11.3 Å². The van der Waals surface area contributed by atoms with Crippen LogP contribution in [0.25, 0.3) is 10.8 Å². The van der Waals surface area contributed by atoms with Crippen molar-refractivity contribution in [3.63, 3.8) is 0 Å². The SMILES string of the molecule is COC1CCN(Cc2nc(-c3cccs3)oc2C)CC1. The Morgan fingerprint density at radius 2 is 2.25 bits per heavy atom. The summed E-state index contributed by atoms with van der Waals surface area (Å²) in [5, 5.41) is 2.05. The molecule has 0 unspecified atom stereocenters. The number of thiophene rings is 1. The van der Waals surface area contributed by atoms with Crippen molar-refractivity contribution in [3.8, 4) is 10.8 Å². The van der Waals surface area contributed by atoms with Gasteiger partial charge in [0, 0.05) is 26.7 Å². The summed E-state index contributed by atoms with van der Waals surface area (Å²) < 4.78 is 11.2. The second kappa shape index (κ2) is 6.08. The van der Waals surface area contributed by atoms with E-state index in [2.05, 4.69) is 9.88 Å². The maximum absolute atomic E-state index is 5.79. The van der Waals surface area contributed by atoms with Crippen LogP contribution in [0.3, 0.4) is 0 Å². The predicted molar refractivity (Wildman–Crippen MR) is 79.9 cm³/mol. The smallest absolute Gasteiger partial charge is 0.236 e. The second-order valence-electron chi connectivity index (χ2n) is 5.21. The average Bonchev–Trinajstić information content (AvgIpc) is 3.10. The number of oxazole rings is 1. The lowest BCUT2D eigenvalue weighted by Gasteiger charge is -2.30. The summed E-state index contributed by atoms with van der Waals surface area (Å²) in [5.41, 5.74) is 1.06. The van der Waals surface area contributed by atoms with E-state index in [1.807, 2.05) is 24.4 Å². The number of aromatic nitrogens is 1. The molecule has 1 aliphatic heterocycles. The average molecular weight is 292 g/mol. The van der Waals surface area contributed by atoms with E-state index in [1.54, 1.807) is 18.4 Å². The Kier molecular flexibility index (Phi) is 4.19. The first-order valence-corrected chi connectivity index (χ1v) is 7.89. The van der Waals surface area contributed by atoms with Crippen LogP contribution in [0.2, 0.25) is 0 Å². The molecule has 1 fully saturated rings. The van der Waals surface area contributed by atoms with Crippen molar-refractivity contribution in [2.75, 3.05) is 20.2 Å². The first kappa shape index (κ1) is 13.8. The zero-order valence-corrected chi connectivity index (χ0v) is 12.8. The lowest BCUT2D eigenvalue weighted by atomic mass is 10.1. The quantitative estimate of drug-likeness (QED) is 0.866. The standard InChI is InChI=1S/C15H20N2O2S/c1-11-13(10-17-7-5-12(18-2)6-8-17)16-15(19-11)14-4-3-9-20-14/h3-4,9,12H,5-8,10H2,1-2H3. The fourth-order valence-corrected chi connectivity index (χ4v) is 3.24. The molecule has 0 spiro atoms. The number of piperidine rings is 1. The summed E-state index contributed by atoms with van der Waals surface area (Å²) in [6.45, 7) is 5.01. The van der Waals surface area contributed by atoms with Crippen molar-refractivity contribution in [1.29, 1.82) is 0 Å². The molecule has 4 nitrogen and oxygen atoms in total. The minimum atomic E-state index is 0.423. The zero-order chi connectivity index (χ0) is 13.9. The number of aryl methyl sites for hydroxylation is 1. The molecule has 0 amide bonds. The number of ether oxygens (including phenoxy) is 1. The lowest BCUT2D eigenvalue weighted by Crippen LogP contribution is -2.36. The molecular formula is C15H20N2O2S. The molecule has 2 aromatic rings. The lowest BCUT2D eigenvalue weighted by molar-refractivity contribution is 0.0384. The van der Waals surface area contributed by atoms with Crippen LogP contribution in [0.15, 0.2) is 21.9 Å². The van der Waals surface area contributed by atoms with Gasteiger partial charge in [0.1, 0.15) is 5.76 Å². The third-order valence-electron chi connectivity index (χ3n) is 3.87. The fraction of sp³-hybridized carbons (Fsp3) is 0.533. The Morgan fingerprint density at radius 3 is 2.90 bits per heavy atom. The van der Waals surface area contributed by atoms with Gasteiger partial charge in [-0.3, -0.25) is 4.90 Å². The zero-order valence-electron chi connectivity index (χ0n) is 12.0. The Balaban J connectivity index is 1.66. The molecule has 3 heterocycles. The van der Waals surface area contributed by atoms with E-state index in [-0.39, 0.29) is 0 Å². The highest BCUT2D eigenvalue weighted by molar-refractivity contribution is 7.13. The Bertz CT molecular complexity index is 542. The Labute approximate surface area is 123 Å². The normalized spacial score (nSPS) is 17.7. The van der Waals surface area contributed by atoms with Crippen LogP contribution in [0.4, 0.5) is 0 Å². The van der Waals surface area contributed by atoms with Crippen molar-refractivity contribution in [3.05, 3.63) is 29.0 Å². The fourth-order valence-electron chi connectivity index (χ4n) is 2.60. The van der Waals surface area contributed by atoms with E-state index in [0.717, 1.165) is 54.7 Å². The number of nitrogens with zero attached hydrogens (tertiary/aromatic N) is 2. The summed E-state index contributed by atoms with van der Waals surface area (Å²) in [6.07, 6.45) is 2.63. The van der Waals surface area contributed by atoms with Crippen LogP contribution in [-0.4, -0.2) is 36.2 Å². The Morgan fingerprint density at radius 1 is 1.45 bits per heavy atom. The van der Waals surface area contributed by atoms with Crippen molar-refractivity contribution in [2.45, 2.75) is 32.4 Å². The van der Waals surface area contributed by atoms with Crippen molar-refractivity contribution < 1.29 is 9.15 Å². The Hall–Kier alpha value is -1.17. The summed E-state index contributed by atoms with van der Waals surface area (Å²) in [4.78, 5) is 8.18. The minimum absolute atomic E-state index is 0.423. The van der Waals surface area contributed by atoms with Gasteiger partial charge in [-0.05, 0) is 31.2 Å². The van der Waals surface area contributed by atoms with Gasteiger partial charge < -0.3 is 9.15 Å². The number of likely N-dealkylation sites (tertiary alicyclic amines) is 1. The summed E-state index contributed by atoms with van der Waals surface area (Å²) in [6, 6.07) is 4.07. The summed E-state index contributed by atoms with van der Waals surface area (Å²) >= 11 is 1.66. The topological polar surface area (TPSA) is 38.5 Å². The van der Waals surface area contributed by atoms with Crippen molar-refractivity contribution in [1.82, 2.24) is 9.88 Å². The third-order valence-corrected chi connectivity index (χ3v) is 4.72. The molecule has 0 atom stereocenters. The molecule has 3 rings (SSSR count). The molecule has 20 heavy (non-hydrogen) atoms. The van der Waals surface area contributed by atoms with E-state index in [9.17, 15) is 0 Å². The van der Waals surface area contributed by atoms with Crippen LogP contribution in [0, 0.1) is 6.92 Å². The van der Waals surface area contributed by atoms with Gasteiger partial charge in [0.05, 0.1) is 16.7 Å². The van der Waals surface area contributed by atoms with Crippen LogP contribution < -0.4 is 0 Å². The first-order valence-electron chi connectivity index (χ1n) is 7.01. The molecule has 0 radical (unpaired) electrons. The number of hydrogen-bond acceptors (Lipinski definition) is 5. The van der Waals surface area contributed by atoms with Gasteiger partial charge in [0.25, 0.3) is 0 Å². The van der Waals surface area contributed by atoms with Gasteiger partial charge in [-0.1, -0.05) is 6.07 Å². The number of methoxy groups -OCH3 is 1. The molecule has 0 bridgehead atoms. The molecule has 1 saturated heterocycles. The van der Waals surface area contributed by atoms with E-state index in [0.29, 0.717) is 6.10 Å². The molecule has 2 aromatic heterocycles. The van der Waals surface area contributed by atoms with E-state index in [4.69, 9.17) is 9.15 Å². The van der Waals surface area contributed by atoms with Gasteiger partial charge in [0.15, 0.2) is 0 Å².